The van der Waals surface area contributed by atoms with E-state index in [2.05, 4.69) is 20.2 Å². The maximum absolute atomic E-state index is 15.0. The number of rotatable bonds is 7. The fourth-order valence-electron chi connectivity index (χ4n) is 8.07. The van der Waals surface area contributed by atoms with Crippen LogP contribution in [0.15, 0.2) is 65.2 Å². The summed E-state index contributed by atoms with van der Waals surface area (Å²) >= 11 is 0. The number of allylic oxidation sites excluding steroid dienone is 2. The van der Waals surface area contributed by atoms with Crippen LogP contribution < -0.4 is 14.8 Å². The van der Waals surface area contributed by atoms with Crippen LogP contribution >= 0.6 is 0 Å². The number of ketones is 1. The maximum Gasteiger partial charge on any atom is 0.274 e. The van der Waals surface area contributed by atoms with Gasteiger partial charge in [-0.3, -0.25) is 23.9 Å². The number of fused-ring (bicyclic) bond motifs is 5. The molecule has 0 unspecified atom stereocenters. The highest BCUT2D eigenvalue weighted by molar-refractivity contribution is 7.90. The van der Waals surface area contributed by atoms with E-state index >= 15 is 4.39 Å². The van der Waals surface area contributed by atoms with E-state index < -0.39 is 68.2 Å². The monoisotopic (exact) mass is 771 g/mol. The first-order valence-corrected chi connectivity index (χ1v) is 20.4. The van der Waals surface area contributed by atoms with E-state index in [0.29, 0.717) is 66.0 Å². The molecule has 15 heteroatoms. The van der Waals surface area contributed by atoms with Gasteiger partial charge in [0.15, 0.2) is 11.5 Å². The lowest BCUT2D eigenvalue weighted by atomic mass is 9.91. The Morgan fingerprint density at radius 2 is 1.84 bits per heavy atom. The lowest BCUT2D eigenvalue weighted by molar-refractivity contribution is -0.140. The number of hydrogen-bond acceptors (Lipinski definition) is 10. The topological polar surface area (TPSA) is 178 Å². The molecule has 4 aliphatic rings. The van der Waals surface area contributed by atoms with Crippen molar-refractivity contribution in [1.82, 2.24) is 25.1 Å². The van der Waals surface area contributed by atoms with Crippen LogP contribution in [-0.2, 0) is 24.4 Å². The second-order valence-electron chi connectivity index (χ2n) is 15.3. The van der Waals surface area contributed by atoms with Crippen molar-refractivity contribution >= 4 is 55.2 Å². The van der Waals surface area contributed by atoms with Crippen LogP contribution in [0.5, 0.6) is 5.88 Å². The summed E-state index contributed by atoms with van der Waals surface area (Å²) in [6.45, 7) is 1.61. The molecule has 2 N–H and O–H groups in total. The highest BCUT2D eigenvalue weighted by atomic mass is 32.2. The molecule has 4 aromatic rings. The second kappa shape index (κ2) is 14.5. The van der Waals surface area contributed by atoms with E-state index in [9.17, 15) is 27.6 Å². The van der Waals surface area contributed by atoms with Crippen LogP contribution in [0.2, 0.25) is 0 Å². The van der Waals surface area contributed by atoms with Gasteiger partial charge in [-0.2, -0.15) is 0 Å². The van der Waals surface area contributed by atoms with Gasteiger partial charge in [0.2, 0.25) is 27.7 Å². The summed E-state index contributed by atoms with van der Waals surface area (Å²) in [5, 5.41) is 7.49. The predicted octanol–water partition coefficient (Wildman–Crippen LogP) is 5.06. The highest BCUT2D eigenvalue weighted by Gasteiger charge is 2.61. The molecule has 55 heavy (non-hydrogen) atoms. The summed E-state index contributed by atoms with van der Waals surface area (Å²) in [5.74, 6) is -2.36. The molecule has 0 spiro atoms. The van der Waals surface area contributed by atoms with Gasteiger partial charge in [0.1, 0.15) is 23.7 Å². The number of aryl methyl sites for hydroxylation is 1. The minimum Gasteiger partial charge on any atom is -0.472 e. The number of carbonyl (C=O) groups excluding carboxylic acids is 4. The molecule has 2 aliphatic carbocycles. The van der Waals surface area contributed by atoms with E-state index in [1.165, 1.54) is 17.0 Å². The Labute approximate surface area is 317 Å². The molecule has 2 saturated carbocycles. The predicted molar refractivity (Wildman–Crippen MR) is 199 cm³/mol. The molecule has 4 heterocycles. The molecule has 0 bridgehead atoms. The second-order valence-corrected chi connectivity index (χ2v) is 17.2. The first-order chi connectivity index (χ1) is 26.4. The van der Waals surface area contributed by atoms with Crippen molar-refractivity contribution < 1.29 is 41.2 Å². The average Bonchev–Trinajstić information content (AvgIpc) is 4.05. The number of ether oxygens (including phenoxy) is 1. The van der Waals surface area contributed by atoms with Gasteiger partial charge in [0, 0.05) is 29.7 Å². The molecule has 3 amide bonds. The number of hydrogen-bond donors (Lipinski definition) is 2. The van der Waals surface area contributed by atoms with E-state index in [4.69, 9.17) is 9.26 Å². The summed E-state index contributed by atoms with van der Waals surface area (Å²) in [4.78, 5) is 62.3. The number of aromatic nitrogens is 2. The molecule has 1 saturated heterocycles. The zero-order valence-electron chi connectivity index (χ0n) is 30.3. The van der Waals surface area contributed by atoms with Gasteiger partial charge in [-0.25, -0.2) is 17.8 Å². The van der Waals surface area contributed by atoms with Crippen molar-refractivity contribution in [3.8, 4) is 5.88 Å². The lowest BCUT2D eigenvalue weighted by Crippen LogP contribution is -2.52. The maximum atomic E-state index is 15.0. The van der Waals surface area contributed by atoms with Crippen molar-refractivity contribution in [3.05, 3.63) is 78.0 Å². The van der Waals surface area contributed by atoms with Crippen LogP contribution in [-0.4, -0.2) is 76.9 Å². The summed E-state index contributed by atoms with van der Waals surface area (Å²) in [7, 11) is -3.88. The number of pyridine rings is 1. The molecule has 0 radical (unpaired) electrons. The highest BCUT2D eigenvalue weighted by Crippen LogP contribution is 2.57. The van der Waals surface area contributed by atoms with Crippen LogP contribution in [0.4, 0.5) is 4.39 Å². The molecule has 288 valence electrons. The molecule has 3 fully saturated rings. The van der Waals surface area contributed by atoms with Crippen molar-refractivity contribution in [2.75, 3.05) is 6.54 Å². The van der Waals surface area contributed by atoms with Crippen LogP contribution in [0.25, 0.3) is 21.7 Å². The minimum atomic E-state index is -3.88. The van der Waals surface area contributed by atoms with Gasteiger partial charge in [0.25, 0.3) is 5.91 Å². The Balaban J connectivity index is 1.13. The molecule has 8 rings (SSSR count). The number of benzene rings is 2. The molecular formula is C40H42FN5O8S. The van der Waals surface area contributed by atoms with Gasteiger partial charge in [0.05, 0.1) is 28.8 Å². The average molecular weight is 772 g/mol. The van der Waals surface area contributed by atoms with Gasteiger partial charge in [-0.1, -0.05) is 54.4 Å². The van der Waals surface area contributed by atoms with Crippen molar-refractivity contribution in [2.24, 2.45) is 11.3 Å². The number of nitrogens with one attached hydrogen (secondary N) is 2. The Morgan fingerprint density at radius 3 is 2.60 bits per heavy atom. The molecular weight excluding hydrogens is 730 g/mol. The first-order valence-electron chi connectivity index (χ1n) is 18.9. The Hall–Kier alpha value is -5.18. The summed E-state index contributed by atoms with van der Waals surface area (Å²) in [6.07, 6.45) is 7.25. The minimum absolute atomic E-state index is 0.0150. The van der Waals surface area contributed by atoms with E-state index in [-0.39, 0.29) is 36.9 Å². The van der Waals surface area contributed by atoms with E-state index in [0.717, 1.165) is 12.8 Å². The Bertz CT molecular complexity index is 2340. The fourth-order valence-corrected chi connectivity index (χ4v) is 9.46. The van der Waals surface area contributed by atoms with Crippen molar-refractivity contribution in [2.45, 2.75) is 94.6 Å². The third-order valence-electron chi connectivity index (χ3n) is 11.3. The Morgan fingerprint density at radius 1 is 1.04 bits per heavy atom. The number of sulfonamides is 1. The zero-order chi connectivity index (χ0) is 38.5. The van der Waals surface area contributed by atoms with Crippen LogP contribution in [0, 0.1) is 24.1 Å². The van der Waals surface area contributed by atoms with Crippen molar-refractivity contribution in [3.63, 3.8) is 0 Å². The van der Waals surface area contributed by atoms with Crippen LogP contribution in [0.3, 0.4) is 0 Å². The molecule has 2 aliphatic heterocycles. The smallest absolute Gasteiger partial charge is 0.274 e. The van der Waals surface area contributed by atoms with E-state index in [1.54, 1.807) is 43.3 Å². The number of carbonyl (C=O) groups is 4. The van der Waals surface area contributed by atoms with Gasteiger partial charge in [-0.15, -0.1) is 0 Å². The number of nitrogens with zero attached hydrogens (tertiary/aromatic N) is 3. The molecule has 13 nitrogen and oxygen atoms in total. The van der Waals surface area contributed by atoms with Gasteiger partial charge >= 0.3 is 0 Å². The third-order valence-corrected chi connectivity index (χ3v) is 13.1. The Kier molecular flexibility index (Phi) is 9.68. The first kappa shape index (κ1) is 36.8. The standard InChI is InChI=1S/C40H42FN5O8S/c1-23-18-32(44-54-23)36(48)42-31-14-6-4-2-3-5-10-24-20-40(24,39(50)45-55(51,52)26-16-17-26)21-34(47)33-19-25(22-46(33)38(31)49)53-37-28-12-8-7-11-27(28)35-29(41)13-9-15-30(35)43-37/h5,7-13,15,18,24-26,31,33H,2-4,6,14,16-17,19-22H2,1H3,(H,42,48)(H,45,50)/b10-5-/t24-,25-,31+,33+,40-/m1/s1. The largest absolute Gasteiger partial charge is 0.472 e. The van der Waals surface area contributed by atoms with E-state index in [1.807, 2.05) is 12.2 Å². The summed E-state index contributed by atoms with van der Waals surface area (Å²) < 4.78 is 54.7. The summed E-state index contributed by atoms with van der Waals surface area (Å²) in [6, 6.07) is 11.1. The number of halogens is 1. The quantitative estimate of drug-likeness (QED) is 0.191. The molecule has 2 aromatic heterocycles. The van der Waals surface area contributed by atoms with Gasteiger partial charge < -0.3 is 19.5 Å². The van der Waals surface area contributed by atoms with Crippen LogP contribution in [0.1, 0.15) is 80.5 Å². The zero-order valence-corrected chi connectivity index (χ0v) is 31.1. The molecule has 5 atom stereocenters. The molecule has 2 aromatic carbocycles. The number of amides is 3. The lowest BCUT2D eigenvalue weighted by Gasteiger charge is -2.29. The fraction of sp³-hybridized carbons (Fsp3) is 0.450. The SMILES string of the molecule is Cc1cc(C(=O)N[C@H]2CCCCC/C=C\[C@@H]3C[C@@]3(C(=O)NS(=O)(=O)C3CC3)CC(=O)[C@@H]3C[C@@H](Oc4nc5cccc(F)c5c5ccccc45)CN3C2=O)no1. The summed E-state index contributed by atoms with van der Waals surface area (Å²) in [5.41, 5.74) is -0.898. The van der Waals surface area contributed by atoms with Gasteiger partial charge in [-0.05, 0) is 75.0 Å². The normalized spacial score (nSPS) is 26.8. The van der Waals surface area contributed by atoms with Crippen molar-refractivity contribution in [1.29, 1.82) is 0 Å². The third kappa shape index (κ3) is 7.33. The number of Topliss-reactive ketones (excluding diaryl/α,β-unsaturated/α-hetero) is 1.